The Morgan fingerprint density at radius 2 is 1.93 bits per heavy atom. The quantitative estimate of drug-likeness (QED) is 0.608. The summed E-state index contributed by atoms with van der Waals surface area (Å²) >= 11 is 6.11. The van der Waals surface area contributed by atoms with Crippen LogP contribution in [0.25, 0.3) is 0 Å². The van der Waals surface area contributed by atoms with Gasteiger partial charge in [0.1, 0.15) is 18.4 Å². The third-order valence-electron chi connectivity index (χ3n) is 8.86. The lowest BCUT2D eigenvalue weighted by molar-refractivity contribution is -0.224. The van der Waals surface area contributed by atoms with Crippen molar-refractivity contribution in [1.82, 2.24) is 0 Å². The van der Waals surface area contributed by atoms with E-state index in [9.17, 15) is 24.9 Å². The van der Waals surface area contributed by atoms with Crippen LogP contribution in [0.2, 0.25) is 0 Å². The number of carbonyl (C=O) groups excluding carboxylic acids is 2. The Balaban J connectivity index is 1.89. The minimum Gasteiger partial charge on any atom is -0.390 e. The van der Waals surface area contributed by atoms with E-state index in [4.69, 9.17) is 11.6 Å². The number of Topliss-reactive ketones (excluding diaryl/α,β-unsaturated/α-hetero) is 1. The molecule has 0 saturated heterocycles. The maximum atomic E-state index is 17.0. The van der Waals surface area contributed by atoms with E-state index >= 15 is 8.78 Å². The monoisotopic (exact) mass is 444 g/mol. The van der Waals surface area contributed by atoms with Crippen molar-refractivity contribution in [2.24, 2.45) is 28.6 Å². The van der Waals surface area contributed by atoms with Crippen molar-refractivity contribution in [1.29, 1.82) is 0 Å². The Labute approximate surface area is 178 Å². The normalized spacial score (nSPS) is 52.7. The topological polar surface area (TPSA) is 94.8 Å². The highest BCUT2D eigenvalue weighted by Crippen LogP contribution is 2.71. The zero-order valence-electron chi connectivity index (χ0n) is 17.2. The third kappa shape index (κ3) is 2.22. The van der Waals surface area contributed by atoms with E-state index in [-0.39, 0.29) is 29.9 Å². The second kappa shape index (κ2) is 6.44. The van der Waals surface area contributed by atoms with Crippen LogP contribution in [0.1, 0.15) is 40.0 Å². The highest BCUT2D eigenvalue weighted by Gasteiger charge is 2.76. The molecule has 9 atom stereocenters. The average molecular weight is 445 g/mol. The number of halogens is 3. The van der Waals surface area contributed by atoms with E-state index in [0.29, 0.717) is 0 Å². The number of hydrogen-bond donors (Lipinski definition) is 3. The Bertz CT molecular complexity index is 889. The second-order valence-corrected chi connectivity index (χ2v) is 10.3. The molecule has 0 amide bonds. The molecule has 0 bridgehead atoms. The summed E-state index contributed by atoms with van der Waals surface area (Å²) in [7, 11) is 0. The van der Waals surface area contributed by atoms with Crippen LogP contribution in [0, 0.1) is 28.6 Å². The summed E-state index contributed by atoms with van der Waals surface area (Å²) in [5, 5.41) is 31.6. The summed E-state index contributed by atoms with van der Waals surface area (Å²) in [6, 6.07) is 0. The molecule has 0 aliphatic heterocycles. The van der Waals surface area contributed by atoms with Crippen molar-refractivity contribution >= 4 is 23.2 Å². The van der Waals surface area contributed by atoms with E-state index < -0.39 is 70.3 Å². The van der Waals surface area contributed by atoms with Crippen molar-refractivity contribution in [2.45, 2.75) is 63.6 Å². The number of fused-ring (bicyclic) bond motifs is 5. The van der Waals surface area contributed by atoms with E-state index in [0.717, 1.165) is 6.08 Å². The van der Waals surface area contributed by atoms with Gasteiger partial charge in [-0.2, -0.15) is 0 Å². The molecule has 3 unspecified atom stereocenters. The van der Waals surface area contributed by atoms with E-state index in [2.05, 4.69) is 0 Å². The fourth-order valence-corrected chi connectivity index (χ4v) is 7.72. The van der Waals surface area contributed by atoms with Crippen molar-refractivity contribution in [3.05, 3.63) is 22.8 Å². The Kier molecular flexibility index (Phi) is 4.73. The summed E-state index contributed by atoms with van der Waals surface area (Å²) < 4.78 is 32.4. The van der Waals surface area contributed by atoms with Gasteiger partial charge in [-0.25, -0.2) is 8.78 Å². The van der Waals surface area contributed by atoms with Gasteiger partial charge in [0, 0.05) is 16.7 Å². The lowest BCUT2D eigenvalue weighted by Crippen LogP contribution is -2.70. The summed E-state index contributed by atoms with van der Waals surface area (Å²) in [5.74, 6) is -3.59. The standard InChI is InChI=1S/C22H27ClF2O5/c1-10-6-11-12-7-13(24)17-18(23)14(27)4-5-19(17,2)21(12,25)15(28)8-20(11,3)22(10,30)16(29)9-26/h4-5,10-13,15,26,28,30H,6-9H2,1-3H3/t10?,11-,12-,13?,15?,19-,20-,21-,22-/m0/s1. The molecule has 30 heavy (non-hydrogen) atoms. The van der Waals surface area contributed by atoms with Gasteiger partial charge in [-0.3, -0.25) is 9.59 Å². The minimum absolute atomic E-state index is 0.147. The van der Waals surface area contributed by atoms with Gasteiger partial charge in [0.15, 0.2) is 17.2 Å². The fourth-order valence-electron chi connectivity index (χ4n) is 7.35. The molecule has 0 aromatic rings. The van der Waals surface area contributed by atoms with Crippen LogP contribution in [0.3, 0.4) is 0 Å². The Morgan fingerprint density at radius 1 is 1.30 bits per heavy atom. The van der Waals surface area contributed by atoms with Crippen LogP contribution in [0.4, 0.5) is 8.78 Å². The van der Waals surface area contributed by atoms with E-state index in [1.165, 1.54) is 13.0 Å². The summed E-state index contributed by atoms with van der Waals surface area (Å²) in [6.07, 6.45) is -1.22. The molecule has 3 fully saturated rings. The minimum atomic E-state index is -2.33. The van der Waals surface area contributed by atoms with Gasteiger partial charge in [0.25, 0.3) is 0 Å². The largest absolute Gasteiger partial charge is 0.390 e. The van der Waals surface area contributed by atoms with Gasteiger partial charge >= 0.3 is 0 Å². The molecule has 0 spiro atoms. The zero-order valence-corrected chi connectivity index (χ0v) is 17.9. The predicted octanol–water partition coefficient (Wildman–Crippen LogP) is 2.41. The number of alkyl halides is 2. The number of aliphatic hydroxyl groups excluding tert-OH is 2. The maximum absolute atomic E-state index is 17.0. The van der Waals surface area contributed by atoms with Crippen LogP contribution in [0.5, 0.6) is 0 Å². The van der Waals surface area contributed by atoms with Gasteiger partial charge in [-0.1, -0.05) is 31.5 Å². The first-order valence-corrected chi connectivity index (χ1v) is 10.7. The molecular weight excluding hydrogens is 418 g/mol. The first-order chi connectivity index (χ1) is 13.8. The van der Waals surface area contributed by atoms with Crippen LogP contribution < -0.4 is 0 Å². The van der Waals surface area contributed by atoms with Crippen molar-refractivity contribution in [3.8, 4) is 0 Å². The molecule has 0 aromatic carbocycles. The predicted molar refractivity (Wildman–Crippen MR) is 105 cm³/mol. The lowest BCUT2D eigenvalue weighted by atomic mass is 9.44. The third-order valence-corrected chi connectivity index (χ3v) is 9.25. The number of rotatable bonds is 2. The molecule has 0 aromatic heterocycles. The zero-order chi connectivity index (χ0) is 22.4. The summed E-state index contributed by atoms with van der Waals surface area (Å²) in [6.45, 7) is 3.84. The fraction of sp³-hybridized carbons (Fsp3) is 0.727. The first-order valence-electron chi connectivity index (χ1n) is 10.3. The lowest BCUT2D eigenvalue weighted by Gasteiger charge is -2.63. The number of ketones is 2. The SMILES string of the molecule is CC1C[C@H]2[C@@H]3CC(F)C4=C(Cl)C(=O)C=C[C@]4(C)[C@@]3(F)C(O)C[C@]2(C)[C@@]1(O)C(=O)CO. The van der Waals surface area contributed by atoms with Crippen molar-refractivity contribution in [3.63, 3.8) is 0 Å². The molecule has 0 heterocycles. The van der Waals surface area contributed by atoms with Gasteiger partial charge in [-0.05, 0) is 49.7 Å². The van der Waals surface area contributed by atoms with Gasteiger partial charge in [0.05, 0.1) is 11.1 Å². The smallest absolute Gasteiger partial charge is 0.196 e. The van der Waals surface area contributed by atoms with Crippen LogP contribution in [-0.4, -0.2) is 57.0 Å². The molecule has 5 nitrogen and oxygen atoms in total. The number of aliphatic hydroxyl groups is 3. The number of carbonyl (C=O) groups is 2. The highest BCUT2D eigenvalue weighted by molar-refractivity contribution is 6.45. The summed E-state index contributed by atoms with van der Waals surface area (Å²) in [4.78, 5) is 24.6. The molecular formula is C22H27ClF2O5. The van der Waals surface area contributed by atoms with E-state index in [1.54, 1.807) is 13.8 Å². The number of allylic oxidation sites excluding steroid dienone is 4. The molecule has 4 aliphatic carbocycles. The highest BCUT2D eigenvalue weighted by atomic mass is 35.5. The first kappa shape index (κ1) is 22.1. The maximum Gasteiger partial charge on any atom is 0.196 e. The van der Waals surface area contributed by atoms with Crippen LogP contribution in [-0.2, 0) is 9.59 Å². The van der Waals surface area contributed by atoms with Crippen molar-refractivity contribution < 1.29 is 33.7 Å². The average Bonchev–Trinajstić information content (AvgIpc) is 2.88. The molecule has 0 radical (unpaired) electrons. The summed E-state index contributed by atoms with van der Waals surface area (Å²) in [5.41, 5.74) is -7.30. The Hall–Kier alpha value is -1.15. The van der Waals surface area contributed by atoms with Gasteiger partial charge < -0.3 is 15.3 Å². The van der Waals surface area contributed by atoms with Crippen LogP contribution in [0.15, 0.2) is 22.8 Å². The molecule has 166 valence electrons. The van der Waals surface area contributed by atoms with Crippen molar-refractivity contribution in [2.75, 3.05) is 6.61 Å². The molecule has 4 aliphatic rings. The second-order valence-electron chi connectivity index (χ2n) is 9.93. The number of hydrogen-bond acceptors (Lipinski definition) is 5. The molecule has 3 N–H and O–H groups in total. The molecule has 4 rings (SSSR count). The van der Waals surface area contributed by atoms with Gasteiger partial charge in [-0.15, -0.1) is 0 Å². The molecule has 8 heteroatoms. The van der Waals surface area contributed by atoms with Crippen LogP contribution >= 0.6 is 11.6 Å². The Morgan fingerprint density at radius 3 is 2.53 bits per heavy atom. The van der Waals surface area contributed by atoms with E-state index in [1.807, 2.05) is 0 Å². The molecule has 3 saturated carbocycles. The van der Waals surface area contributed by atoms with Gasteiger partial charge in [0.2, 0.25) is 0 Å².